The van der Waals surface area contributed by atoms with Crippen molar-refractivity contribution in [2.45, 2.75) is 58.5 Å². The normalized spacial score (nSPS) is 11.9. The van der Waals surface area contributed by atoms with E-state index >= 15 is 0 Å². The van der Waals surface area contributed by atoms with Crippen LogP contribution in [0.15, 0.2) is 23.4 Å². The van der Waals surface area contributed by atoms with Crippen LogP contribution in [0, 0.1) is 6.92 Å². The molecule has 3 rings (SSSR count). The standard InChI is InChI=1S/C24H27Cl2N5O5S2/c1-6-31-21(13(5)36-16-9-14(25)7-8-15(16)26)29-30-24(31)37-10-17(32)28-22-18(23(34)35-11(2)3)12(4)19(38-22)20(27)33/h7-9,11,13H,6,10H2,1-5H3,(H2,27,33)(H,28,32). The summed E-state index contributed by atoms with van der Waals surface area (Å²) in [5.74, 6) is -0.819. The van der Waals surface area contributed by atoms with Crippen LogP contribution in [0.2, 0.25) is 10.0 Å². The Balaban J connectivity index is 1.73. The predicted molar refractivity (Wildman–Crippen MR) is 149 cm³/mol. The number of aromatic nitrogens is 3. The SMILES string of the molecule is CCn1c(SCC(=O)Nc2sc(C(N)=O)c(C)c2C(=O)OC(C)C)nnc1C(C)Oc1cc(Cl)ccc1Cl. The van der Waals surface area contributed by atoms with Gasteiger partial charge in [-0.1, -0.05) is 35.0 Å². The zero-order chi connectivity index (χ0) is 28.1. The number of amides is 2. The summed E-state index contributed by atoms with van der Waals surface area (Å²) >= 11 is 14.4. The molecule has 2 amide bonds. The van der Waals surface area contributed by atoms with Gasteiger partial charge < -0.3 is 25.1 Å². The molecule has 0 aliphatic heterocycles. The van der Waals surface area contributed by atoms with Gasteiger partial charge in [0.1, 0.15) is 10.8 Å². The lowest BCUT2D eigenvalue weighted by atomic mass is 10.1. The second kappa shape index (κ2) is 12.8. The van der Waals surface area contributed by atoms with Crippen molar-refractivity contribution in [3.8, 4) is 5.75 Å². The Morgan fingerprint density at radius 2 is 1.92 bits per heavy atom. The first-order chi connectivity index (χ1) is 17.9. The molecule has 0 radical (unpaired) electrons. The van der Waals surface area contributed by atoms with Crippen LogP contribution in [0.1, 0.15) is 65.2 Å². The number of nitrogens with zero attached hydrogens (tertiary/aromatic N) is 3. The molecular weight excluding hydrogens is 573 g/mol. The summed E-state index contributed by atoms with van der Waals surface area (Å²) in [6.07, 6.45) is -0.883. The van der Waals surface area contributed by atoms with Crippen LogP contribution in [0.4, 0.5) is 5.00 Å². The maximum Gasteiger partial charge on any atom is 0.341 e. The highest BCUT2D eigenvalue weighted by molar-refractivity contribution is 7.99. The Labute approximate surface area is 238 Å². The third-order valence-corrected chi connectivity index (χ3v) is 7.86. The number of carbonyl (C=O) groups excluding carboxylic acids is 3. The first kappa shape index (κ1) is 29.8. The minimum atomic E-state index is -0.694. The fourth-order valence-electron chi connectivity index (χ4n) is 3.46. The molecule has 3 aromatic rings. The Morgan fingerprint density at radius 3 is 2.55 bits per heavy atom. The average molecular weight is 601 g/mol. The summed E-state index contributed by atoms with van der Waals surface area (Å²) in [4.78, 5) is 37.5. The minimum absolute atomic E-state index is 0.0327. The first-order valence-corrected chi connectivity index (χ1v) is 14.1. The number of hydrogen-bond acceptors (Lipinski definition) is 9. The molecule has 1 atom stereocenters. The molecule has 0 saturated carbocycles. The van der Waals surface area contributed by atoms with Crippen LogP contribution in [0.25, 0.3) is 0 Å². The zero-order valence-electron chi connectivity index (χ0n) is 21.3. The van der Waals surface area contributed by atoms with Gasteiger partial charge in [-0.15, -0.1) is 21.5 Å². The van der Waals surface area contributed by atoms with E-state index in [-0.39, 0.29) is 27.3 Å². The molecule has 1 aromatic carbocycles. The molecule has 0 spiro atoms. The molecule has 0 saturated heterocycles. The lowest BCUT2D eigenvalue weighted by molar-refractivity contribution is -0.113. The number of hydrogen-bond donors (Lipinski definition) is 2. The number of thioether (sulfide) groups is 1. The molecule has 38 heavy (non-hydrogen) atoms. The summed E-state index contributed by atoms with van der Waals surface area (Å²) in [7, 11) is 0. The monoisotopic (exact) mass is 599 g/mol. The first-order valence-electron chi connectivity index (χ1n) is 11.5. The van der Waals surface area contributed by atoms with Crippen LogP contribution < -0.4 is 15.8 Å². The predicted octanol–water partition coefficient (Wildman–Crippen LogP) is 5.51. The van der Waals surface area contributed by atoms with Crippen molar-refractivity contribution >= 4 is 69.1 Å². The summed E-state index contributed by atoms with van der Waals surface area (Å²) in [5.41, 5.74) is 5.92. The number of esters is 1. The number of anilines is 1. The van der Waals surface area contributed by atoms with Gasteiger partial charge in [0.15, 0.2) is 17.1 Å². The molecule has 0 fully saturated rings. The highest BCUT2D eigenvalue weighted by atomic mass is 35.5. The van der Waals surface area contributed by atoms with Gasteiger partial charge in [-0.2, -0.15) is 0 Å². The quantitative estimate of drug-likeness (QED) is 0.217. The van der Waals surface area contributed by atoms with Crippen LogP contribution in [-0.2, 0) is 16.1 Å². The minimum Gasteiger partial charge on any atom is -0.481 e. The van der Waals surface area contributed by atoms with Gasteiger partial charge >= 0.3 is 5.97 Å². The number of ether oxygens (including phenoxy) is 2. The molecule has 2 aromatic heterocycles. The van der Waals surface area contributed by atoms with Crippen molar-refractivity contribution in [3.63, 3.8) is 0 Å². The van der Waals surface area contributed by atoms with E-state index in [0.717, 1.165) is 23.1 Å². The maximum atomic E-state index is 12.8. The number of primary amides is 1. The third-order valence-electron chi connectivity index (χ3n) is 5.13. The Kier molecular flexibility index (Phi) is 10.0. The van der Waals surface area contributed by atoms with Crippen molar-refractivity contribution < 1.29 is 23.9 Å². The molecule has 10 nitrogen and oxygen atoms in total. The van der Waals surface area contributed by atoms with Gasteiger partial charge in [-0.25, -0.2) is 4.79 Å². The summed E-state index contributed by atoms with van der Waals surface area (Å²) in [5, 5.41) is 12.8. The maximum absolute atomic E-state index is 12.8. The lowest BCUT2D eigenvalue weighted by Crippen LogP contribution is -2.18. The molecule has 0 bridgehead atoms. The van der Waals surface area contributed by atoms with E-state index in [2.05, 4.69) is 15.5 Å². The third kappa shape index (κ3) is 6.99. The summed E-state index contributed by atoms with van der Waals surface area (Å²) in [6, 6.07) is 4.93. The number of nitrogens with two attached hydrogens (primary N) is 1. The van der Waals surface area contributed by atoms with E-state index in [9.17, 15) is 14.4 Å². The van der Waals surface area contributed by atoms with Crippen LogP contribution >= 0.6 is 46.3 Å². The number of thiophene rings is 1. The van der Waals surface area contributed by atoms with Gasteiger partial charge in [0, 0.05) is 17.6 Å². The van der Waals surface area contributed by atoms with Crippen molar-refractivity contribution in [2.24, 2.45) is 5.73 Å². The van der Waals surface area contributed by atoms with Gasteiger partial charge in [-0.05, 0) is 52.3 Å². The van der Waals surface area contributed by atoms with Crippen LogP contribution in [0.3, 0.4) is 0 Å². The van der Waals surface area contributed by atoms with E-state index in [1.165, 1.54) is 0 Å². The van der Waals surface area contributed by atoms with E-state index in [0.29, 0.717) is 38.9 Å². The van der Waals surface area contributed by atoms with E-state index < -0.39 is 23.9 Å². The number of carbonyl (C=O) groups is 3. The van der Waals surface area contributed by atoms with E-state index in [1.54, 1.807) is 39.0 Å². The van der Waals surface area contributed by atoms with Crippen molar-refractivity contribution in [1.29, 1.82) is 0 Å². The Morgan fingerprint density at radius 1 is 1.21 bits per heavy atom. The molecule has 204 valence electrons. The summed E-state index contributed by atoms with van der Waals surface area (Å²) < 4.78 is 13.1. The zero-order valence-corrected chi connectivity index (χ0v) is 24.5. The smallest absolute Gasteiger partial charge is 0.341 e. The Bertz CT molecular complexity index is 1360. The van der Waals surface area contributed by atoms with Gasteiger partial charge in [0.25, 0.3) is 5.91 Å². The molecule has 0 aliphatic rings. The highest BCUT2D eigenvalue weighted by Crippen LogP contribution is 2.35. The highest BCUT2D eigenvalue weighted by Gasteiger charge is 2.27. The fraction of sp³-hybridized carbons (Fsp3) is 0.375. The fourth-order valence-corrected chi connectivity index (χ4v) is 5.66. The molecule has 0 aliphatic carbocycles. The Hall–Kier alpha value is -2.80. The van der Waals surface area contributed by atoms with Crippen molar-refractivity contribution in [1.82, 2.24) is 14.8 Å². The van der Waals surface area contributed by atoms with Gasteiger partial charge in [-0.3, -0.25) is 9.59 Å². The number of halogens is 2. The van der Waals surface area contributed by atoms with E-state index in [1.807, 2.05) is 18.4 Å². The molecule has 3 N–H and O–H groups in total. The van der Waals surface area contributed by atoms with E-state index in [4.69, 9.17) is 38.4 Å². The average Bonchev–Trinajstić information content (AvgIpc) is 3.40. The van der Waals surface area contributed by atoms with Gasteiger partial charge in [0.05, 0.1) is 27.3 Å². The molecule has 14 heteroatoms. The van der Waals surface area contributed by atoms with Crippen LogP contribution in [-0.4, -0.2) is 44.4 Å². The number of nitrogens with one attached hydrogen (secondary N) is 1. The molecular formula is C24H27Cl2N5O5S2. The second-order valence-electron chi connectivity index (χ2n) is 8.34. The number of benzene rings is 1. The molecule has 2 heterocycles. The molecule has 1 unspecified atom stereocenters. The number of rotatable bonds is 11. The summed E-state index contributed by atoms with van der Waals surface area (Å²) in [6.45, 7) is 9.25. The lowest BCUT2D eigenvalue weighted by Gasteiger charge is -2.16. The van der Waals surface area contributed by atoms with Crippen LogP contribution in [0.5, 0.6) is 5.75 Å². The topological polar surface area (TPSA) is 138 Å². The van der Waals surface area contributed by atoms with Crippen molar-refractivity contribution in [3.05, 3.63) is 50.1 Å². The second-order valence-corrected chi connectivity index (χ2v) is 11.1. The van der Waals surface area contributed by atoms with Gasteiger partial charge in [0.2, 0.25) is 5.91 Å². The van der Waals surface area contributed by atoms with Crippen molar-refractivity contribution in [2.75, 3.05) is 11.1 Å². The largest absolute Gasteiger partial charge is 0.481 e.